The second-order valence-electron chi connectivity index (χ2n) is 18.2. The van der Waals surface area contributed by atoms with E-state index in [2.05, 4.69) is 145 Å². The lowest BCUT2D eigenvalue weighted by atomic mass is 9.70. The van der Waals surface area contributed by atoms with E-state index in [1.807, 2.05) is 11.3 Å². The summed E-state index contributed by atoms with van der Waals surface area (Å²) in [7, 11) is 0. The van der Waals surface area contributed by atoms with Crippen molar-refractivity contribution < 1.29 is 0 Å². The summed E-state index contributed by atoms with van der Waals surface area (Å²) in [5.41, 5.74) is 14.6. The van der Waals surface area contributed by atoms with Crippen LogP contribution in [0, 0.1) is 30.6 Å². The molecule has 3 heterocycles. The number of hydrogen-bond donors (Lipinski definition) is 0. The normalized spacial score (nSPS) is 28.2. The highest BCUT2D eigenvalue weighted by atomic mass is 32.1. The summed E-state index contributed by atoms with van der Waals surface area (Å²) in [6, 6.07) is 22.1. The molecule has 0 bridgehead atoms. The Morgan fingerprint density at radius 2 is 1.80 bits per heavy atom. The third-order valence-corrected chi connectivity index (χ3v) is 16.1. The summed E-state index contributed by atoms with van der Waals surface area (Å²) in [4.78, 5) is 9.84. The molecule has 7 unspecified atom stereocenters. The Morgan fingerprint density at radius 3 is 2.68 bits per heavy atom. The molecule has 0 radical (unpaired) electrons. The maximum atomic E-state index is 5.44. The molecule has 2 aromatic heterocycles. The van der Waals surface area contributed by atoms with E-state index < -0.39 is 0 Å². The Morgan fingerprint density at radius 1 is 0.847 bits per heavy atom. The van der Waals surface area contributed by atoms with Gasteiger partial charge in [0.2, 0.25) is 0 Å². The van der Waals surface area contributed by atoms with Crippen LogP contribution < -0.4 is 4.90 Å². The number of aromatic nitrogens is 1. The van der Waals surface area contributed by atoms with E-state index in [9.17, 15) is 0 Å². The Labute approximate surface area is 355 Å². The fourth-order valence-corrected chi connectivity index (χ4v) is 12.9. The number of hydrogen-bond acceptors (Lipinski definition) is 3. The molecular weight excluding hydrogens is 733 g/mol. The van der Waals surface area contributed by atoms with Gasteiger partial charge in [0.05, 0.1) is 11.7 Å². The van der Waals surface area contributed by atoms with E-state index in [1.165, 1.54) is 112 Å². The van der Waals surface area contributed by atoms with Gasteiger partial charge in [-0.15, -0.1) is 11.3 Å². The third-order valence-electron chi connectivity index (χ3n) is 14.8. The van der Waals surface area contributed by atoms with Gasteiger partial charge in [0.15, 0.2) is 0 Å². The molecule has 1 aliphatic heterocycles. The Hall–Kier alpha value is -4.99. The number of allylic oxidation sites excluding steroid dienone is 14. The van der Waals surface area contributed by atoms with Crippen LogP contribution >= 0.6 is 11.3 Å². The van der Waals surface area contributed by atoms with Crippen LogP contribution in [0.25, 0.3) is 32.9 Å². The zero-order chi connectivity index (χ0) is 39.5. The maximum absolute atomic E-state index is 5.44. The largest absolute Gasteiger partial charge is 0.361 e. The summed E-state index contributed by atoms with van der Waals surface area (Å²) in [6.07, 6.45) is 44.3. The number of rotatable bonds is 7. The molecule has 296 valence electrons. The van der Waals surface area contributed by atoms with Crippen molar-refractivity contribution in [3.63, 3.8) is 0 Å². The Balaban J connectivity index is 0.929. The second kappa shape index (κ2) is 15.6. The Bertz CT molecular complexity index is 2580. The first-order chi connectivity index (χ1) is 29.1. The topological polar surface area (TPSA) is 16.1 Å². The lowest BCUT2D eigenvalue weighted by Gasteiger charge is -2.36. The molecule has 7 atom stereocenters. The minimum Gasteiger partial charge on any atom is -0.361 e. The quantitative estimate of drug-likeness (QED) is 0.173. The first-order valence-corrected chi connectivity index (χ1v) is 23.5. The highest BCUT2D eigenvalue weighted by molar-refractivity contribution is 7.19. The van der Waals surface area contributed by atoms with Crippen molar-refractivity contribution in [3.8, 4) is 0 Å². The lowest BCUT2D eigenvalue weighted by molar-refractivity contribution is 0.346. The number of fused-ring (bicyclic) bond motifs is 6. The minimum absolute atomic E-state index is 0.165. The molecular formula is C56H56N2S. The van der Waals surface area contributed by atoms with E-state index in [-0.39, 0.29) is 5.92 Å². The third kappa shape index (κ3) is 6.74. The molecule has 4 aromatic rings. The number of benzene rings is 2. The van der Waals surface area contributed by atoms with Crippen molar-refractivity contribution >= 4 is 49.9 Å². The van der Waals surface area contributed by atoms with E-state index >= 15 is 0 Å². The van der Waals surface area contributed by atoms with E-state index in [0.717, 1.165) is 30.5 Å². The smallest absolute Gasteiger partial charge is 0.0671 e. The monoisotopic (exact) mass is 788 g/mol. The van der Waals surface area contributed by atoms with E-state index in [1.54, 1.807) is 4.88 Å². The molecule has 0 spiro atoms. The lowest BCUT2D eigenvalue weighted by Crippen LogP contribution is -2.38. The van der Waals surface area contributed by atoms with E-state index in [4.69, 9.17) is 11.6 Å². The summed E-state index contributed by atoms with van der Waals surface area (Å²) < 4.78 is 1.44. The second-order valence-corrected chi connectivity index (χ2v) is 19.4. The fraction of sp³-hybridized carbons (Fsp3) is 0.339. The van der Waals surface area contributed by atoms with Crippen LogP contribution in [0.1, 0.15) is 109 Å². The van der Waals surface area contributed by atoms with Gasteiger partial charge in [0.25, 0.3) is 0 Å². The van der Waals surface area contributed by atoms with Gasteiger partial charge in [-0.2, -0.15) is 0 Å². The van der Waals surface area contributed by atoms with Crippen molar-refractivity contribution in [1.29, 1.82) is 0 Å². The minimum atomic E-state index is 0.165. The first kappa shape index (κ1) is 37.0. The number of thiophene rings is 1. The molecule has 2 aromatic carbocycles. The van der Waals surface area contributed by atoms with Crippen LogP contribution in [0.5, 0.6) is 0 Å². The van der Waals surface area contributed by atoms with Crippen LogP contribution in [0.3, 0.4) is 0 Å². The zero-order valence-corrected chi connectivity index (χ0v) is 35.3. The molecule has 2 nitrogen and oxygen atoms in total. The van der Waals surface area contributed by atoms with Gasteiger partial charge in [-0.3, -0.25) is 4.98 Å². The van der Waals surface area contributed by atoms with Gasteiger partial charge in [0.1, 0.15) is 0 Å². The molecule has 1 fully saturated rings. The summed E-state index contributed by atoms with van der Waals surface area (Å²) >= 11 is 2.00. The van der Waals surface area contributed by atoms with Crippen LogP contribution in [0.4, 0.5) is 5.69 Å². The molecule has 3 heteroatoms. The van der Waals surface area contributed by atoms with Crippen molar-refractivity contribution in [1.82, 2.24) is 4.98 Å². The van der Waals surface area contributed by atoms with Crippen molar-refractivity contribution in [2.75, 3.05) is 4.90 Å². The Kier molecular flexibility index (Phi) is 9.77. The van der Waals surface area contributed by atoms with Crippen molar-refractivity contribution in [3.05, 3.63) is 178 Å². The van der Waals surface area contributed by atoms with Crippen LogP contribution in [-0.2, 0) is 6.42 Å². The van der Waals surface area contributed by atoms with Crippen LogP contribution in [0.15, 0.2) is 140 Å². The van der Waals surface area contributed by atoms with Gasteiger partial charge < -0.3 is 4.90 Å². The number of nitrogens with zero attached hydrogens (tertiary/aromatic N) is 2. The zero-order valence-electron chi connectivity index (χ0n) is 34.5. The predicted octanol–water partition coefficient (Wildman–Crippen LogP) is 14.6. The molecule has 6 aliphatic carbocycles. The molecule has 11 rings (SSSR count). The summed E-state index contributed by atoms with van der Waals surface area (Å²) in [6.45, 7) is 7.19. The molecule has 0 N–H and O–H groups in total. The highest BCUT2D eigenvalue weighted by Gasteiger charge is 2.49. The number of pyridine rings is 1. The number of aryl methyl sites for hydroxylation is 2. The first-order valence-electron chi connectivity index (χ1n) is 22.6. The highest BCUT2D eigenvalue weighted by Crippen LogP contribution is 2.52. The van der Waals surface area contributed by atoms with Gasteiger partial charge in [-0.1, -0.05) is 110 Å². The molecule has 1 saturated heterocycles. The predicted molar refractivity (Wildman–Crippen MR) is 253 cm³/mol. The summed E-state index contributed by atoms with van der Waals surface area (Å²) in [5, 5.41) is 1.45. The molecule has 0 saturated carbocycles. The number of anilines is 1. The summed E-state index contributed by atoms with van der Waals surface area (Å²) in [5.74, 6) is 2.03. The maximum Gasteiger partial charge on any atom is 0.0671 e. The van der Waals surface area contributed by atoms with Gasteiger partial charge in [0, 0.05) is 56.1 Å². The molecule has 7 aliphatic rings. The average molecular weight is 789 g/mol. The van der Waals surface area contributed by atoms with Crippen LogP contribution in [0.2, 0.25) is 0 Å². The SMILES string of the molecule is C=C(c1cc(C2=CCCCC2)cc(C2C=CC=CC2)n1)C1CC=C(C2C=CC3C(C2)C2C=CCCC2N3c2ccc3sc4c(c3c2)C=CCC4)C=C1c1ccccc1C. The standard InChI is InChI=1S/C56H56N2S/c1-36-15-9-10-20-44(36)48-31-40(25-28-45(48)37(2)51-33-42(38-16-5-3-6-17-38)34-52(57-51)39-18-7-4-8-19-39)41-26-29-54-49(32-41)46-21-11-13-23-53(46)58(54)43-27-30-56-50(35-43)47-22-12-14-24-55(47)59-56/h4,7-12,15-16,18,20-22,25-27,29-31,33-35,39,41,45-46,49,53-54H,2-3,5-6,13-14,17,19,23-24,28,32H2,1H3. The molecule has 59 heavy (non-hydrogen) atoms. The molecule has 0 amide bonds. The average Bonchev–Trinajstić information content (AvgIpc) is 3.84. The van der Waals surface area contributed by atoms with Crippen LogP contribution in [-0.4, -0.2) is 17.1 Å². The van der Waals surface area contributed by atoms with Gasteiger partial charge >= 0.3 is 0 Å². The van der Waals surface area contributed by atoms with Gasteiger partial charge in [-0.25, -0.2) is 0 Å². The van der Waals surface area contributed by atoms with Crippen molar-refractivity contribution in [2.45, 2.75) is 95.6 Å². The van der Waals surface area contributed by atoms with Gasteiger partial charge in [-0.05, 0) is 158 Å². The van der Waals surface area contributed by atoms with E-state index in [0.29, 0.717) is 35.8 Å². The van der Waals surface area contributed by atoms with Crippen molar-refractivity contribution in [2.24, 2.45) is 23.7 Å². The fourth-order valence-electron chi connectivity index (χ4n) is 11.8.